The molecule has 0 bridgehead atoms. The van der Waals surface area contributed by atoms with Gasteiger partial charge in [0.25, 0.3) is 0 Å². The van der Waals surface area contributed by atoms with Gasteiger partial charge >= 0.3 is 0 Å². The molecule has 2 N–H and O–H groups in total. The highest BCUT2D eigenvalue weighted by atomic mass is 79.9. The molecule has 3 nitrogen and oxygen atoms in total. The molecule has 0 spiro atoms. The molecule has 2 aromatic rings. The van der Waals surface area contributed by atoms with Crippen molar-refractivity contribution in [2.45, 2.75) is 13.0 Å². The fourth-order valence-corrected chi connectivity index (χ4v) is 1.88. The van der Waals surface area contributed by atoms with Gasteiger partial charge in [-0.1, -0.05) is 27.5 Å². The number of nitrogens with two attached hydrogens (primary N) is 1. The number of aromatic nitrogens is 2. The van der Waals surface area contributed by atoms with Crippen molar-refractivity contribution in [3.63, 3.8) is 0 Å². The van der Waals surface area contributed by atoms with Gasteiger partial charge in [-0.3, -0.25) is 0 Å². The molecule has 0 fully saturated rings. The van der Waals surface area contributed by atoms with Crippen LogP contribution in [0.25, 0.3) is 10.9 Å². The molecular formula is C10H9BrClN3. The number of rotatable bonds is 1. The molecule has 0 radical (unpaired) electrons. The molecule has 1 atom stereocenters. The number of nitrogens with zero attached hydrogens (tertiary/aromatic N) is 2. The summed E-state index contributed by atoms with van der Waals surface area (Å²) < 4.78 is 0.959. The molecule has 0 aliphatic carbocycles. The lowest BCUT2D eigenvalue weighted by molar-refractivity contribution is 0.746. The molecule has 1 unspecified atom stereocenters. The Hall–Kier alpha value is -0.710. The second kappa shape index (κ2) is 4.04. The summed E-state index contributed by atoms with van der Waals surface area (Å²) in [6, 6.07) is 5.47. The molecule has 1 aromatic heterocycles. The summed E-state index contributed by atoms with van der Waals surface area (Å²) in [6.07, 6.45) is 0. The average Bonchev–Trinajstić information content (AvgIpc) is 2.16. The van der Waals surface area contributed by atoms with E-state index in [0.717, 1.165) is 15.4 Å². The lowest BCUT2D eigenvalue weighted by atomic mass is 10.2. The standard InChI is InChI=1S/C10H9BrClN3/c1-5(13)10-14-8-4-6(11)2-3-7(8)9(12)15-10/h2-5H,13H2,1H3. The summed E-state index contributed by atoms with van der Waals surface area (Å²) in [6.45, 7) is 1.83. The molecule has 1 aromatic carbocycles. The van der Waals surface area contributed by atoms with E-state index in [2.05, 4.69) is 25.9 Å². The Labute approximate surface area is 101 Å². The molecule has 2 rings (SSSR count). The van der Waals surface area contributed by atoms with Gasteiger partial charge in [0.05, 0.1) is 11.6 Å². The van der Waals surface area contributed by atoms with Crippen molar-refractivity contribution in [1.29, 1.82) is 0 Å². The van der Waals surface area contributed by atoms with Crippen molar-refractivity contribution in [2.24, 2.45) is 5.73 Å². The topological polar surface area (TPSA) is 51.8 Å². The van der Waals surface area contributed by atoms with Crippen LogP contribution in [0.2, 0.25) is 5.15 Å². The Kier molecular flexibility index (Phi) is 2.91. The SMILES string of the molecule is CC(N)c1nc(Cl)c2ccc(Br)cc2n1. The predicted molar refractivity (Wildman–Crippen MR) is 64.9 cm³/mol. The number of benzene rings is 1. The van der Waals surface area contributed by atoms with E-state index in [4.69, 9.17) is 17.3 Å². The Morgan fingerprint density at radius 2 is 2.13 bits per heavy atom. The van der Waals surface area contributed by atoms with Crippen LogP contribution in [0.5, 0.6) is 0 Å². The van der Waals surface area contributed by atoms with Gasteiger partial charge in [0.2, 0.25) is 0 Å². The zero-order valence-corrected chi connectivity index (χ0v) is 10.4. The van der Waals surface area contributed by atoms with Crippen LogP contribution in [0.15, 0.2) is 22.7 Å². The van der Waals surface area contributed by atoms with Gasteiger partial charge in [0.15, 0.2) is 0 Å². The molecule has 0 aliphatic rings. The zero-order valence-electron chi connectivity index (χ0n) is 8.04. The van der Waals surface area contributed by atoms with Crippen molar-refractivity contribution < 1.29 is 0 Å². The van der Waals surface area contributed by atoms with Gasteiger partial charge in [-0.2, -0.15) is 0 Å². The number of fused-ring (bicyclic) bond motifs is 1. The first-order valence-electron chi connectivity index (χ1n) is 4.46. The molecule has 0 saturated carbocycles. The average molecular weight is 287 g/mol. The first-order valence-corrected chi connectivity index (χ1v) is 5.63. The van der Waals surface area contributed by atoms with Crippen LogP contribution < -0.4 is 5.73 Å². The summed E-state index contributed by atoms with van der Waals surface area (Å²) in [5, 5.41) is 1.28. The Bertz CT molecular complexity index is 513. The lowest BCUT2D eigenvalue weighted by Crippen LogP contribution is -2.10. The lowest BCUT2D eigenvalue weighted by Gasteiger charge is -2.06. The third kappa shape index (κ3) is 2.12. The van der Waals surface area contributed by atoms with Crippen molar-refractivity contribution >= 4 is 38.4 Å². The smallest absolute Gasteiger partial charge is 0.147 e. The van der Waals surface area contributed by atoms with Crippen molar-refractivity contribution in [3.05, 3.63) is 33.6 Å². The maximum atomic E-state index is 6.04. The van der Waals surface area contributed by atoms with E-state index < -0.39 is 0 Å². The Balaban J connectivity index is 2.74. The van der Waals surface area contributed by atoms with Crippen LogP contribution in [0.1, 0.15) is 18.8 Å². The largest absolute Gasteiger partial charge is 0.322 e. The zero-order chi connectivity index (χ0) is 11.0. The van der Waals surface area contributed by atoms with E-state index in [1.165, 1.54) is 0 Å². The normalized spacial score (nSPS) is 13.1. The Morgan fingerprint density at radius 1 is 1.40 bits per heavy atom. The van der Waals surface area contributed by atoms with Crippen LogP contribution in [-0.2, 0) is 0 Å². The van der Waals surface area contributed by atoms with E-state index in [1.807, 2.05) is 25.1 Å². The van der Waals surface area contributed by atoms with Gasteiger partial charge in [-0.05, 0) is 25.1 Å². The maximum Gasteiger partial charge on any atom is 0.147 e. The highest BCUT2D eigenvalue weighted by Gasteiger charge is 2.08. The number of hydrogen-bond donors (Lipinski definition) is 1. The molecule has 0 saturated heterocycles. The highest BCUT2D eigenvalue weighted by molar-refractivity contribution is 9.10. The summed E-state index contributed by atoms with van der Waals surface area (Å²) in [4.78, 5) is 8.49. The van der Waals surface area contributed by atoms with E-state index in [-0.39, 0.29) is 6.04 Å². The van der Waals surface area contributed by atoms with E-state index in [1.54, 1.807) is 0 Å². The summed E-state index contributed by atoms with van der Waals surface area (Å²) in [7, 11) is 0. The Morgan fingerprint density at radius 3 is 2.80 bits per heavy atom. The quantitative estimate of drug-likeness (QED) is 0.820. The fourth-order valence-electron chi connectivity index (χ4n) is 1.28. The second-order valence-corrected chi connectivity index (χ2v) is 4.60. The van der Waals surface area contributed by atoms with Gasteiger partial charge in [0.1, 0.15) is 11.0 Å². The third-order valence-electron chi connectivity index (χ3n) is 2.04. The monoisotopic (exact) mass is 285 g/mol. The molecule has 15 heavy (non-hydrogen) atoms. The van der Waals surface area contributed by atoms with Crippen LogP contribution in [0.4, 0.5) is 0 Å². The van der Waals surface area contributed by atoms with E-state index in [9.17, 15) is 0 Å². The first-order chi connectivity index (χ1) is 7.08. The molecule has 0 amide bonds. The molecule has 1 heterocycles. The fraction of sp³-hybridized carbons (Fsp3) is 0.200. The minimum Gasteiger partial charge on any atom is -0.322 e. The van der Waals surface area contributed by atoms with Crippen LogP contribution >= 0.6 is 27.5 Å². The number of hydrogen-bond acceptors (Lipinski definition) is 3. The minimum atomic E-state index is -0.217. The first kappa shape index (κ1) is 10.8. The highest BCUT2D eigenvalue weighted by Crippen LogP contribution is 2.24. The van der Waals surface area contributed by atoms with Crippen LogP contribution in [0, 0.1) is 0 Å². The van der Waals surface area contributed by atoms with Crippen molar-refractivity contribution in [3.8, 4) is 0 Å². The molecule has 5 heteroatoms. The minimum absolute atomic E-state index is 0.217. The summed E-state index contributed by atoms with van der Waals surface area (Å²) in [5.41, 5.74) is 6.52. The summed E-state index contributed by atoms with van der Waals surface area (Å²) >= 11 is 9.42. The maximum absolute atomic E-state index is 6.04. The van der Waals surface area contributed by atoms with Gasteiger partial charge < -0.3 is 5.73 Å². The van der Waals surface area contributed by atoms with Gasteiger partial charge in [-0.25, -0.2) is 9.97 Å². The van der Waals surface area contributed by atoms with Crippen LogP contribution in [0.3, 0.4) is 0 Å². The van der Waals surface area contributed by atoms with Crippen molar-refractivity contribution in [1.82, 2.24) is 9.97 Å². The molecule has 78 valence electrons. The number of halogens is 2. The van der Waals surface area contributed by atoms with Gasteiger partial charge in [-0.15, -0.1) is 0 Å². The van der Waals surface area contributed by atoms with Crippen molar-refractivity contribution in [2.75, 3.05) is 0 Å². The van der Waals surface area contributed by atoms with Crippen LogP contribution in [-0.4, -0.2) is 9.97 Å². The third-order valence-corrected chi connectivity index (χ3v) is 2.82. The predicted octanol–water partition coefficient (Wildman–Crippen LogP) is 3.07. The van der Waals surface area contributed by atoms with E-state index >= 15 is 0 Å². The van der Waals surface area contributed by atoms with E-state index in [0.29, 0.717) is 11.0 Å². The second-order valence-electron chi connectivity index (χ2n) is 3.32. The summed E-state index contributed by atoms with van der Waals surface area (Å²) in [5.74, 6) is 0.561. The van der Waals surface area contributed by atoms with Gasteiger partial charge in [0, 0.05) is 9.86 Å². The molecule has 0 aliphatic heterocycles. The molecular weight excluding hydrogens is 277 g/mol.